The fourth-order valence-corrected chi connectivity index (χ4v) is 1.62. The number of aromatic nitrogens is 1. The summed E-state index contributed by atoms with van der Waals surface area (Å²) in [5.41, 5.74) is 3.71. The SMILES string of the molecule is CCc1cccc2ncc(C)cc12. The van der Waals surface area contributed by atoms with Crippen LogP contribution in [0.3, 0.4) is 0 Å². The largest absolute Gasteiger partial charge is 0.256 e. The molecule has 0 amide bonds. The number of rotatable bonds is 1. The molecule has 0 N–H and O–H groups in total. The minimum atomic E-state index is 1.07. The Morgan fingerprint density at radius 3 is 2.92 bits per heavy atom. The predicted octanol–water partition coefficient (Wildman–Crippen LogP) is 3.11. The zero-order valence-corrected chi connectivity index (χ0v) is 8.04. The van der Waals surface area contributed by atoms with Crippen molar-refractivity contribution in [1.29, 1.82) is 0 Å². The van der Waals surface area contributed by atoms with Gasteiger partial charge >= 0.3 is 0 Å². The maximum atomic E-state index is 4.39. The number of nitrogens with zero attached hydrogens (tertiary/aromatic N) is 1. The Kier molecular flexibility index (Phi) is 2.01. The molecule has 0 unspecified atom stereocenters. The highest BCUT2D eigenvalue weighted by Gasteiger charge is 1.99. The van der Waals surface area contributed by atoms with Crippen molar-refractivity contribution in [3.8, 4) is 0 Å². The number of pyridine rings is 1. The number of fused-ring (bicyclic) bond motifs is 1. The van der Waals surface area contributed by atoms with E-state index in [-0.39, 0.29) is 0 Å². The quantitative estimate of drug-likeness (QED) is 0.642. The summed E-state index contributed by atoms with van der Waals surface area (Å²) in [4.78, 5) is 4.39. The average Bonchev–Trinajstić information content (AvgIpc) is 2.17. The smallest absolute Gasteiger partial charge is 0.0704 e. The summed E-state index contributed by atoms with van der Waals surface area (Å²) < 4.78 is 0. The highest BCUT2D eigenvalue weighted by molar-refractivity contribution is 5.82. The second kappa shape index (κ2) is 3.17. The molecule has 1 aromatic carbocycles. The van der Waals surface area contributed by atoms with Gasteiger partial charge in [0.2, 0.25) is 0 Å². The Morgan fingerprint density at radius 1 is 1.31 bits per heavy atom. The van der Waals surface area contributed by atoms with Gasteiger partial charge in [-0.1, -0.05) is 19.1 Å². The third-order valence-corrected chi connectivity index (χ3v) is 2.33. The highest BCUT2D eigenvalue weighted by Crippen LogP contribution is 2.18. The fourth-order valence-electron chi connectivity index (χ4n) is 1.62. The molecule has 0 fully saturated rings. The average molecular weight is 171 g/mol. The molecule has 0 saturated carbocycles. The molecule has 1 heterocycles. The van der Waals surface area contributed by atoms with Crippen molar-refractivity contribution in [3.05, 3.63) is 41.6 Å². The van der Waals surface area contributed by atoms with Crippen molar-refractivity contribution in [2.24, 2.45) is 0 Å². The molecule has 2 aromatic rings. The van der Waals surface area contributed by atoms with Crippen LogP contribution < -0.4 is 0 Å². The Hall–Kier alpha value is -1.37. The van der Waals surface area contributed by atoms with Crippen LogP contribution in [0.25, 0.3) is 10.9 Å². The van der Waals surface area contributed by atoms with Gasteiger partial charge in [-0.15, -0.1) is 0 Å². The topological polar surface area (TPSA) is 12.9 Å². The monoisotopic (exact) mass is 171 g/mol. The minimum absolute atomic E-state index is 1.07. The molecule has 13 heavy (non-hydrogen) atoms. The molecular weight excluding hydrogens is 158 g/mol. The first-order valence-electron chi connectivity index (χ1n) is 4.65. The molecule has 0 aliphatic heterocycles. The van der Waals surface area contributed by atoms with Crippen LogP contribution in [-0.4, -0.2) is 4.98 Å². The van der Waals surface area contributed by atoms with Crippen molar-refractivity contribution in [3.63, 3.8) is 0 Å². The zero-order chi connectivity index (χ0) is 9.26. The van der Waals surface area contributed by atoms with Gasteiger partial charge in [0, 0.05) is 11.6 Å². The van der Waals surface area contributed by atoms with Gasteiger partial charge in [0.25, 0.3) is 0 Å². The molecule has 0 aliphatic rings. The molecule has 2 rings (SSSR count). The Labute approximate surface area is 78.4 Å². The summed E-state index contributed by atoms with van der Waals surface area (Å²) in [5.74, 6) is 0. The molecule has 0 aliphatic carbocycles. The molecule has 1 nitrogen and oxygen atoms in total. The standard InChI is InChI=1S/C12H13N/c1-3-10-5-4-6-12-11(10)7-9(2)8-13-12/h4-8H,3H2,1-2H3. The van der Waals surface area contributed by atoms with E-state index in [2.05, 4.69) is 43.1 Å². The summed E-state index contributed by atoms with van der Waals surface area (Å²) in [6, 6.07) is 8.52. The lowest BCUT2D eigenvalue weighted by Gasteiger charge is -2.03. The van der Waals surface area contributed by atoms with Gasteiger partial charge in [-0.05, 0) is 36.6 Å². The van der Waals surface area contributed by atoms with E-state index in [0.29, 0.717) is 0 Å². The van der Waals surface area contributed by atoms with Crippen LogP contribution in [-0.2, 0) is 6.42 Å². The van der Waals surface area contributed by atoms with Gasteiger partial charge < -0.3 is 0 Å². The van der Waals surface area contributed by atoms with Crippen molar-refractivity contribution in [2.45, 2.75) is 20.3 Å². The predicted molar refractivity (Wildman–Crippen MR) is 55.9 cm³/mol. The molecule has 66 valence electrons. The molecule has 0 spiro atoms. The van der Waals surface area contributed by atoms with Crippen LogP contribution in [0.5, 0.6) is 0 Å². The number of hydrogen-bond donors (Lipinski definition) is 0. The first-order valence-corrected chi connectivity index (χ1v) is 4.65. The van der Waals surface area contributed by atoms with E-state index < -0.39 is 0 Å². The molecule has 0 atom stereocenters. The molecule has 0 bridgehead atoms. The summed E-state index contributed by atoms with van der Waals surface area (Å²) >= 11 is 0. The van der Waals surface area contributed by atoms with Gasteiger partial charge in [-0.3, -0.25) is 4.98 Å². The van der Waals surface area contributed by atoms with Gasteiger partial charge in [-0.2, -0.15) is 0 Å². The lowest BCUT2D eigenvalue weighted by atomic mass is 10.1. The third-order valence-electron chi connectivity index (χ3n) is 2.33. The van der Waals surface area contributed by atoms with Gasteiger partial charge in [-0.25, -0.2) is 0 Å². The van der Waals surface area contributed by atoms with Crippen molar-refractivity contribution in [2.75, 3.05) is 0 Å². The summed E-state index contributed by atoms with van der Waals surface area (Å²) in [6.45, 7) is 4.26. The van der Waals surface area contributed by atoms with E-state index in [4.69, 9.17) is 0 Å². The Balaban J connectivity index is 2.79. The van der Waals surface area contributed by atoms with Crippen LogP contribution in [0.4, 0.5) is 0 Å². The maximum Gasteiger partial charge on any atom is 0.0704 e. The lowest BCUT2D eigenvalue weighted by Crippen LogP contribution is -1.86. The highest BCUT2D eigenvalue weighted by atomic mass is 14.6. The zero-order valence-electron chi connectivity index (χ0n) is 8.04. The lowest BCUT2D eigenvalue weighted by molar-refractivity contribution is 1.15. The van der Waals surface area contributed by atoms with Gasteiger partial charge in [0.1, 0.15) is 0 Å². The molecule has 1 aromatic heterocycles. The normalized spacial score (nSPS) is 10.6. The molecular formula is C12H13N. The minimum Gasteiger partial charge on any atom is -0.256 e. The van der Waals surface area contributed by atoms with E-state index >= 15 is 0 Å². The number of hydrogen-bond acceptors (Lipinski definition) is 1. The van der Waals surface area contributed by atoms with Gasteiger partial charge in [0.15, 0.2) is 0 Å². The fraction of sp³-hybridized carbons (Fsp3) is 0.250. The van der Waals surface area contributed by atoms with E-state index in [1.165, 1.54) is 16.5 Å². The van der Waals surface area contributed by atoms with E-state index in [1.807, 2.05) is 6.20 Å². The first kappa shape index (κ1) is 8.24. The van der Waals surface area contributed by atoms with Crippen LogP contribution in [0.15, 0.2) is 30.5 Å². The van der Waals surface area contributed by atoms with Crippen LogP contribution >= 0.6 is 0 Å². The number of benzene rings is 1. The van der Waals surface area contributed by atoms with Gasteiger partial charge in [0.05, 0.1) is 5.52 Å². The first-order chi connectivity index (χ1) is 6.31. The van der Waals surface area contributed by atoms with Crippen LogP contribution in [0.2, 0.25) is 0 Å². The summed E-state index contributed by atoms with van der Waals surface area (Å²) in [5, 5.41) is 1.30. The maximum absolute atomic E-state index is 4.39. The molecule has 0 radical (unpaired) electrons. The Bertz CT molecular complexity index is 432. The third kappa shape index (κ3) is 1.42. The van der Waals surface area contributed by atoms with Crippen molar-refractivity contribution < 1.29 is 0 Å². The van der Waals surface area contributed by atoms with E-state index in [9.17, 15) is 0 Å². The summed E-state index contributed by atoms with van der Waals surface area (Å²) in [6.07, 6.45) is 2.99. The number of aryl methyl sites for hydroxylation is 2. The molecule has 1 heteroatoms. The van der Waals surface area contributed by atoms with E-state index in [1.54, 1.807) is 0 Å². The second-order valence-corrected chi connectivity index (χ2v) is 3.35. The second-order valence-electron chi connectivity index (χ2n) is 3.35. The van der Waals surface area contributed by atoms with Crippen molar-refractivity contribution in [1.82, 2.24) is 4.98 Å². The molecule has 0 saturated heterocycles. The van der Waals surface area contributed by atoms with Crippen LogP contribution in [0, 0.1) is 6.92 Å². The summed E-state index contributed by atoms with van der Waals surface area (Å²) in [7, 11) is 0. The van der Waals surface area contributed by atoms with Crippen LogP contribution in [0.1, 0.15) is 18.1 Å². The Morgan fingerprint density at radius 2 is 2.15 bits per heavy atom. The van der Waals surface area contributed by atoms with E-state index in [0.717, 1.165) is 11.9 Å². The van der Waals surface area contributed by atoms with Crippen molar-refractivity contribution >= 4 is 10.9 Å².